The van der Waals surface area contributed by atoms with Gasteiger partial charge in [0.05, 0.1) is 5.69 Å². The maximum absolute atomic E-state index is 11.8. The van der Waals surface area contributed by atoms with Gasteiger partial charge in [-0.25, -0.2) is 4.98 Å². The van der Waals surface area contributed by atoms with E-state index in [4.69, 9.17) is 0 Å². The van der Waals surface area contributed by atoms with Gasteiger partial charge < -0.3 is 0 Å². The Bertz CT molecular complexity index is 550. The number of anilines is 1. The average molecular weight is 248 g/mol. The topological polar surface area (TPSA) is 59.8 Å². The standard InChI is InChI=1S/C11H12N4OS/c1-15-6-5-8(14-15)10(16)13-11-12-7-3-2-4-9(7)17-11/h5-6H,2-4H2,1H3,(H,12,13,16). The van der Waals surface area contributed by atoms with E-state index >= 15 is 0 Å². The molecule has 0 aromatic carbocycles. The lowest BCUT2D eigenvalue weighted by atomic mass is 10.4. The van der Waals surface area contributed by atoms with Crippen LogP contribution >= 0.6 is 11.3 Å². The highest BCUT2D eigenvalue weighted by Gasteiger charge is 2.18. The number of amides is 1. The van der Waals surface area contributed by atoms with Crippen molar-refractivity contribution in [3.05, 3.63) is 28.5 Å². The summed E-state index contributed by atoms with van der Waals surface area (Å²) in [6.45, 7) is 0. The summed E-state index contributed by atoms with van der Waals surface area (Å²) in [6.07, 6.45) is 5.05. The third-order valence-corrected chi connectivity index (χ3v) is 3.84. The Balaban J connectivity index is 1.76. The third kappa shape index (κ3) is 1.95. The highest BCUT2D eigenvalue weighted by atomic mass is 32.1. The van der Waals surface area contributed by atoms with Crippen LogP contribution in [0, 0.1) is 0 Å². The van der Waals surface area contributed by atoms with E-state index in [-0.39, 0.29) is 5.91 Å². The van der Waals surface area contributed by atoms with Crippen LogP contribution in [0.1, 0.15) is 27.5 Å². The van der Waals surface area contributed by atoms with E-state index in [1.807, 2.05) is 0 Å². The summed E-state index contributed by atoms with van der Waals surface area (Å²) in [7, 11) is 1.79. The zero-order chi connectivity index (χ0) is 11.8. The Morgan fingerprint density at radius 3 is 3.12 bits per heavy atom. The lowest BCUT2D eigenvalue weighted by Crippen LogP contribution is -2.12. The number of rotatable bonds is 2. The van der Waals surface area contributed by atoms with Gasteiger partial charge in [0.2, 0.25) is 0 Å². The van der Waals surface area contributed by atoms with Crippen molar-refractivity contribution in [1.82, 2.24) is 14.8 Å². The number of thiazole rings is 1. The molecular formula is C11H12N4OS. The van der Waals surface area contributed by atoms with Crippen molar-refractivity contribution in [3.63, 3.8) is 0 Å². The number of hydrogen-bond acceptors (Lipinski definition) is 4. The number of nitrogens with one attached hydrogen (secondary N) is 1. The first-order chi connectivity index (χ1) is 8.22. The summed E-state index contributed by atoms with van der Waals surface area (Å²) in [6, 6.07) is 1.69. The molecular weight excluding hydrogens is 236 g/mol. The number of fused-ring (bicyclic) bond motifs is 1. The summed E-state index contributed by atoms with van der Waals surface area (Å²) in [5, 5.41) is 7.53. The fraction of sp³-hybridized carbons (Fsp3) is 0.364. The number of hydrogen-bond donors (Lipinski definition) is 1. The number of aryl methyl sites for hydroxylation is 3. The van der Waals surface area contributed by atoms with E-state index < -0.39 is 0 Å². The van der Waals surface area contributed by atoms with E-state index in [9.17, 15) is 4.79 Å². The minimum atomic E-state index is -0.196. The first-order valence-electron chi connectivity index (χ1n) is 5.52. The van der Waals surface area contributed by atoms with E-state index in [1.54, 1.807) is 35.3 Å². The molecule has 2 aromatic heterocycles. The minimum absolute atomic E-state index is 0.196. The van der Waals surface area contributed by atoms with E-state index in [2.05, 4.69) is 15.4 Å². The van der Waals surface area contributed by atoms with Gasteiger partial charge in [-0.2, -0.15) is 5.10 Å². The molecule has 0 unspecified atom stereocenters. The first-order valence-corrected chi connectivity index (χ1v) is 6.33. The van der Waals surface area contributed by atoms with Crippen LogP contribution in [-0.4, -0.2) is 20.7 Å². The molecule has 0 saturated heterocycles. The summed E-state index contributed by atoms with van der Waals surface area (Å²) < 4.78 is 1.61. The van der Waals surface area contributed by atoms with Crippen molar-refractivity contribution in [3.8, 4) is 0 Å². The van der Waals surface area contributed by atoms with Gasteiger partial charge >= 0.3 is 0 Å². The Hall–Kier alpha value is -1.69. The van der Waals surface area contributed by atoms with Gasteiger partial charge in [0.25, 0.3) is 5.91 Å². The molecule has 1 aliphatic rings. The van der Waals surface area contributed by atoms with Crippen LogP contribution in [-0.2, 0) is 19.9 Å². The quantitative estimate of drug-likeness (QED) is 0.878. The largest absolute Gasteiger partial charge is 0.296 e. The first kappa shape index (κ1) is 10.5. The summed E-state index contributed by atoms with van der Waals surface area (Å²) >= 11 is 1.57. The second-order valence-electron chi connectivity index (χ2n) is 4.07. The van der Waals surface area contributed by atoms with Gasteiger partial charge in [-0.3, -0.25) is 14.8 Å². The summed E-state index contributed by atoms with van der Waals surface area (Å²) in [5.74, 6) is -0.196. The number of nitrogens with zero attached hydrogens (tertiary/aromatic N) is 3. The van der Waals surface area contributed by atoms with Crippen molar-refractivity contribution in [2.75, 3.05) is 5.32 Å². The average Bonchev–Trinajstić information content (AvgIpc) is 2.92. The van der Waals surface area contributed by atoms with Crippen LogP contribution in [0.25, 0.3) is 0 Å². The second-order valence-corrected chi connectivity index (χ2v) is 5.15. The van der Waals surface area contributed by atoms with Crippen LogP contribution in [0.3, 0.4) is 0 Å². The predicted molar refractivity (Wildman–Crippen MR) is 65.3 cm³/mol. The molecule has 1 amide bonds. The molecule has 1 aliphatic carbocycles. The molecule has 0 spiro atoms. The molecule has 6 heteroatoms. The van der Waals surface area contributed by atoms with Gasteiger partial charge in [0, 0.05) is 18.1 Å². The van der Waals surface area contributed by atoms with E-state index in [0.29, 0.717) is 10.8 Å². The number of aromatic nitrogens is 3. The van der Waals surface area contributed by atoms with Crippen LogP contribution in [0.5, 0.6) is 0 Å². The summed E-state index contributed by atoms with van der Waals surface area (Å²) in [5.41, 5.74) is 1.56. The molecule has 0 bridgehead atoms. The van der Waals surface area contributed by atoms with Crippen LogP contribution in [0.4, 0.5) is 5.13 Å². The lowest BCUT2D eigenvalue weighted by molar-refractivity contribution is 0.102. The normalized spacial score (nSPS) is 13.7. The number of carbonyl (C=O) groups is 1. The molecule has 5 nitrogen and oxygen atoms in total. The number of carbonyl (C=O) groups excluding carboxylic acids is 1. The molecule has 0 saturated carbocycles. The van der Waals surface area contributed by atoms with Gasteiger partial charge in [-0.1, -0.05) is 0 Å². The molecule has 0 aliphatic heterocycles. The maximum Gasteiger partial charge on any atom is 0.277 e. The summed E-state index contributed by atoms with van der Waals surface area (Å²) in [4.78, 5) is 17.6. The molecule has 0 radical (unpaired) electrons. The molecule has 3 rings (SSSR count). The molecule has 0 fully saturated rings. The highest BCUT2D eigenvalue weighted by Crippen LogP contribution is 2.30. The molecule has 0 atom stereocenters. The Kier molecular flexibility index (Phi) is 2.44. The smallest absolute Gasteiger partial charge is 0.277 e. The zero-order valence-electron chi connectivity index (χ0n) is 9.43. The van der Waals surface area contributed by atoms with Crippen molar-refractivity contribution in [1.29, 1.82) is 0 Å². The second kappa shape index (κ2) is 3.96. The Morgan fingerprint density at radius 1 is 1.53 bits per heavy atom. The predicted octanol–water partition coefficient (Wildman–Crippen LogP) is 1.62. The van der Waals surface area contributed by atoms with E-state index in [0.717, 1.165) is 18.5 Å². The monoisotopic (exact) mass is 248 g/mol. The zero-order valence-corrected chi connectivity index (χ0v) is 10.3. The van der Waals surface area contributed by atoms with Gasteiger partial charge in [-0.15, -0.1) is 11.3 Å². The van der Waals surface area contributed by atoms with Gasteiger partial charge in [0.15, 0.2) is 10.8 Å². The maximum atomic E-state index is 11.8. The fourth-order valence-corrected chi connectivity index (χ4v) is 2.99. The third-order valence-electron chi connectivity index (χ3n) is 2.76. The molecule has 88 valence electrons. The van der Waals surface area contributed by atoms with Crippen molar-refractivity contribution < 1.29 is 4.79 Å². The van der Waals surface area contributed by atoms with Gasteiger partial charge in [0.1, 0.15) is 0 Å². The highest BCUT2D eigenvalue weighted by molar-refractivity contribution is 7.15. The molecule has 17 heavy (non-hydrogen) atoms. The lowest BCUT2D eigenvalue weighted by Gasteiger charge is -1.97. The van der Waals surface area contributed by atoms with Crippen molar-refractivity contribution in [2.45, 2.75) is 19.3 Å². The van der Waals surface area contributed by atoms with Crippen LogP contribution in [0.15, 0.2) is 12.3 Å². The minimum Gasteiger partial charge on any atom is -0.296 e. The van der Waals surface area contributed by atoms with Crippen molar-refractivity contribution in [2.24, 2.45) is 7.05 Å². The van der Waals surface area contributed by atoms with Gasteiger partial charge in [-0.05, 0) is 25.3 Å². The SMILES string of the molecule is Cn1ccc(C(=O)Nc2nc3c(s2)CCC3)n1. The fourth-order valence-electron chi connectivity index (χ4n) is 1.94. The van der Waals surface area contributed by atoms with Crippen molar-refractivity contribution >= 4 is 22.4 Å². The molecule has 1 N–H and O–H groups in total. The molecule has 2 heterocycles. The molecule has 2 aromatic rings. The van der Waals surface area contributed by atoms with Crippen LogP contribution < -0.4 is 5.32 Å². The Labute approximate surface area is 102 Å². The van der Waals surface area contributed by atoms with Crippen LogP contribution in [0.2, 0.25) is 0 Å². The Morgan fingerprint density at radius 2 is 2.41 bits per heavy atom. The van der Waals surface area contributed by atoms with E-state index in [1.165, 1.54) is 11.3 Å².